The van der Waals surface area contributed by atoms with Crippen molar-refractivity contribution in [1.29, 1.82) is 0 Å². The minimum atomic E-state index is -0.602. The summed E-state index contributed by atoms with van der Waals surface area (Å²) in [6.45, 7) is 3.76. The average Bonchev–Trinajstić information content (AvgIpc) is 2.56. The lowest BCUT2D eigenvalue weighted by Crippen LogP contribution is -2.31. The van der Waals surface area contributed by atoms with E-state index in [1.54, 1.807) is 0 Å². The van der Waals surface area contributed by atoms with Gasteiger partial charge in [0, 0.05) is 12.0 Å². The summed E-state index contributed by atoms with van der Waals surface area (Å²) < 4.78 is 6.03. The van der Waals surface area contributed by atoms with E-state index < -0.39 is 5.97 Å². The second-order valence-electron chi connectivity index (χ2n) is 3.35. The van der Waals surface area contributed by atoms with E-state index in [9.17, 15) is 9.90 Å². The molecule has 0 aliphatic rings. The van der Waals surface area contributed by atoms with Crippen LogP contribution in [-0.4, -0.2) is 18.2 Å². The molecule has 0 saturated carbocycles. The zero-order chi connectivity index (χ0) is 11.9. The summed E-state index contributed by atoms with van der Waals surface area (Å²) in [5.74, 6) is -0.814. The predicted molar refractivity (Wildman–Crippen MR) is 55.5 cm³/mol. The van der Waals surface area contributed by atoms with Crippen LogP contribution in [0.25, 0.3) is 4.83 Å². The third-order valence-corrected chi connectivity index (χ3v) is 3.52. The van der Waals surface area contributed by atoms with Crippen LogP contribution in [0, 0.1) is 13.8 Å². The van der Waals surface area contributed by atoms with Crippen LogP contribution in [-0.2, 0) is 4.74 Å². The van der Waals surface area contributed by atoms with Crippen molar-refractivity contribution >= 4 is 22.1 Å². The van der Waals surface area contributed by atoms with Gasteiger partial charge in [-0.05, 0) is 23.3 Å². The van der Waals surface area contributed by atoms with Crippen molar-refractivity contribution < 1.29 is 19.2 Å². The Hall–Kier alpha value is -1.69. The molecule has 2 rings (SSSR count). The molecule has 0 unspecified atom stereocenters. The fraction of sp³-hybridized carbons (Fsp3) is 0.300. The smallest absolute Gasteiger partial charge is 0.362 e. The number of hydrogen-bond acceptors (Lipinski definition) is 5. The number of aryl methyl sites for hydroxylation is 2. The molecule has 84 valence electrons. The van der Waals surface area contributed by atoms with E-state index in [1.165, 1.54) is 29.0 Å². The number of nitrogens with zero attached hydrogens (tertiary/aromatic N) is 2. The van der Waals surface area contributed by atoms with Crippen LogP contribution in [0.1, 0.15) is 21.1 Å². The van der Waals surface area contributed by atoms with Crippen LogP contribution in [0.4, 0.5) is 0 Å². The van der Waals surface area contributed by atoms with E-state index in [0.717, 1.165) is 10.6 Å². The van der Waals surface area contributed by atoms with Gasteiger partial charge in [0.1, 0.15) is 0 Å². The highest BCUT2D eigenvalue weighted by molar-refractivity contribution is 7.17. The Morgan fingerprint density at radius 1 is 1.56 bits per heavy atom. The fourth-order valence-electron chi connectivity index (χ4n) is 1.37. The Balaban J connectivity index is 2.75. The van der Waals surface area contributed by atoms with Gasteiger partial charge in [-0.25, -0.2) is 4.79 Å². The van der Waals surface area contributed by atoms with Gasteiger partial charge in [-0.1, -0.05) is 11.3 Å². The van der Waals surface area contributed by atoms with E-state index in [4.69, 9.17) is 0 Å². The minimum absolute atomic E-state index is 0.0332. The molecule has 0 fully saturated rings. The normalized spacial score (nSPS) is 10.7. The Morgan fingerprint density at radius 2 is 2.25 bits per heavy atom. The van der Waals surface area contributed by atoms with E-state index in [1.807, 2.05) is 13.8 Å². The maximum atomic E-state index is 11.7. The van der Waals surface area contributed by atoms with Crippen molar-refractivity contribution in [2.24, 2.45) is 0 Å². The van der Waals surface area contributed by atoms with E-state index >= 15 is 0 Å². The van der Waals surface area contributed by atoms with Crippen molar-refractivity contribution in [3.8, 4) is 5.75 Å². The molecule has 6 heteroatoms. The van der Waals surface area contributed by atoms with Crippen molar-refractivity contribution in [2.45, 2.75) is 13.8 Å². The van der Waals surface area contributed by atoms with Crippen LogP contribution in [0.15, 0.2) is 6.07 Å². The molecule has 0 saturated heterocycles. The molecule has 0 spiro atoms. The molecule has 0 atom stereocenters. The second-order valence-corrected chi connectivity index (χ2v) is 4.55. The van der Waals surface area contributed by atoms with Gasteiger partial charge in [-0.2, -0.15) is 0 Å². The zero-order valence-electron chi connectivity index (χ0n) is 9.10. The number of methoxy groups -OCH3 is 1. The van der Waals surface area contributed by atoms with E-state index in [2.05, 4.69) is 9.84 Å². The van der Waals surface area contributed by atoms with Crippen LogP contribution in [0.2, 0.25) is 0 Å². The molecule has 0 aliphatic heterocycles. The van der Waals surface area contributed by atoms with Crippen LogP contribution >= 0.6 is 11.3 Å². The number of carbonyl (C=O) groups excluding carboxylic acids is 1. The van der Waals surface area contributed by atoms with Gasteiger partial charge in [0.25, 0.3) is 4.83 Å². The Bertz CT molecular complexity index is 577. The summed E-state index contributed by atoms with van der Waals surface area (Å²) in [5, 5.41) is 15.8. The first-order chi connectivity index (χ1) is 7.54. The third kappa shape index (κ3) is 1.51. The van der Waals surface area contributed by atoms with Gasteiger partial charge in [-0.3, -0.25) is 0 Å². The summed E-state index contributed by atoms with van der Waals surface area (Å²) >= 11 is 1.37. The van der Waals surface area contributed by atoms with E-state index in [0.29, 0.717) is 4.83 Å². The number of rotatable bonds is 1. The standard InChI is InChI=1S/C10H10N2O3S/c1-5-6(2)16-9-8(13)4-7(10(14)15-3)11-12(5)9/h4H,1-3H3. The van der Waals surface area contributed by atoms with Gasteiger partial charge < -0.3 is 9.84 Å². The molecule has 2 aromatic rings. The maximum absolute atomic E-state index is 11.7. The van der Waals surface area contributed by atoms with E-state index in [-0.39, 0.29) is 11.4 Å². The number of esters is 1. The third-order valence-electron chi connectivity index (χ3n) is 2.35. The number of hydrogen-bond donors (Lipinski definition) is 0. The summed E-state index contributed by atoms with van der Waals surface area (Å²) in [6.07, 6.45) is 0. The van der Waals surface area contributed by atoms with Crippen molar-refractivity contribution in [2.75, 3.05) is 7.11 Å². The Kier molecular flexibility index (Phi) is 2.51. The molecule has 0 amide bonds. The highest BCUT2D eigenvalue weighted by atomic mass is 32.1. The molecule has 0 radical (unpaired) electrons. The molecule has 0 aliphatic carbocycles. The summed E-state index contributed by atoms with van der Waals surface area (Å²) in [6, 6.07) is 1.20. The molecule has 0 bridgehead atoms. The highest BCUT2D eigenvalue weighted by Gasteiger charge is 2.20. The lowest BCUT2D eigenvalue weighted by atomic mass is 10.3. The lowest BCUT2D eigenvalue weighted by Gasteiger charge is -2.02. The summed E-state index contributed by atoms with van der Waals surface area (Å²) in [4.78, 5) is 12.8. The number of ether oxygens (including phenoxy) is 1. The zero-order valence-corrected chi connectivity index (χ0v) is 9.92. The van der Waals surface area contributed by atoms with Gasteiger partial charge >= 0.3 is 5.97 Å². The summed E-state index contributed by atoms with van der Waals surface area (Å²) in [7, 11) is 1.26. The molecule has 0 aromatic carbocycles. The van der Waals surface area contributed by atoms with Crippen molar-refractivity contribution in [3.05, 3.63) is 22.3 Å². The average molecular weight is 238 g/mol. The van der Waals surface area contributed by atoms with Crippen molar-refractivity contribution in [1.82, 2.24) is 5.10 Å². The fourth-order valence-corrected chi connectivity index (χ4v) is 2.31. The number of carbonyl (C=O) groups is 1. The van der Waals surface area contributed by atoms with Gasteiger partial charge in [0.05, 0.1) is 12.0 Å². The lowest BCUT2D eigenvalue weighted by molar-refractivity contribution is -0.586. The van der Waals surface area contributed by atoms with Crippen molar-refractivity contribution in [3.63, 3.8) is 0 Å². The molecular formula is C10H10N2O3S. The van der Waals surface area contributed by atoms with Crippen LogP contribution in [0.3, 0.4) is 0 Å². The highest BCUT2D eigenvalue weighted by Crippen LogP contribution is 2.22. The Labute approximate surface area is 95.9 Å². The molecular weight excluding hydrogens is 228 g/mol. The van der Waals surface area contributed by atoms with Gasteiger partial charge in [0.2, 0.25) is 11.4 Å². The number of fused-ring (bicyclic) bond motifs is 1. The quantitative estimate of drug-likeness (QED) is 0.531. The largest absolute Gasteiger partial charge is 0.867 e. The molecule has 16 heavy (non-hydrogen) atoms. The SMILES string of the molecule is COC(=O)c1cc([O-])c2sc(C)c(C)[n+]2n1. The van der Waals surface area contributed by atoms with Gasteiger partial charge in [0.15, 0.2) is 0 Å². The number of aromatic nitrogens is 2. The van der Waals surface area contributed by atoms with Crippen LogP contribution < -0.4 is 9.62 Å². The molecule has 2 aromatic heterocycles. The molecule has 0 N–H and O–H groups in total. The first-order valence-corrected chi connectivity index (χ1v) is 5.44. The minimum Gasteiger partial charge on any atom is -0.867 e. The second kappa shape index (κ2) is 3.71. The molecule has 5 nitrogen and oxygen atoms in total. The first kappa shape index (κ1) is 10.8. The monoisotopic (exact) mass is 238 g/mol. The summed E-state index contributed by atoms with van der Waals surface area (Å²) in [5.41, 5.74) is 0.897. The first-order valence-electron chi connectivity index (χ1n) is 4.63. The molecule has 2 heterocycles. The predicted octanol–water partition coefficient (Wildman–Crippen LogP) is 0.359. The maximum Gasteiger partial charge on any atom is 0.362 e. The topological polar surface area (TPSA) is 66.3 Å². The van der Waals surface area contributed by atoms with Crippen LogP contribution in [0.5, 0.6) is 5.75 Å². The number of thiazole rings is 1. The van der Waals surface area contributed by atoms with Gasteiger partial charge in [-0.15, -0.1) is 0 Å². The Morgan fingerprint density at radius 3 is 2.88 bits per heavy atom.